The minimum Gasteiger partial charge on any atom is -0.314 e. The molecular weight excluding hydrogens is 129 g/mol. The molecule has 2 heteroatoms. The summed E-state index contributed by atoms with van der Waals surface area (Å²) in [6.45, 7) is 7.49. The Morgan fingerprint density at radius 1 is 1.50 bits per heavy atom. The smallest absolute Gasteiger partial charge is 0.00649 e. The SMILES string of the molecule is CC.CC[C@@H]1CCCN1.F.[HH]. The predicted molar refractivity (Wildman–Crippen MR) is 47.3 cm³/mol. The summed E-state index contributed by atoms with van der Waals surface area (Å²) in [6.07, 6.45) is 4.09. The van der Waals surface area contributed by atoms with Gasteiger partial charge < -0.3 is 5.32 Å². The molecule has 0 bridgehead atoms. The zero-order valence-electron chi connectivity index (χ0n) is 7.31. The highest BCUT2D eigenvalue weighted by Gasteiger charge is 2.09. The first-order chi connectivity index (χ1) is 4.43. The van der Waals surface area contributed by atoms with Crippen LogP contribution >= 0.6 is 0 Å². The summed E-state index contributed by atoms with van der Waals surface area (Å²) >= 11 is 0. The molecule has 1 rings (SSSR count). The van der Waals surface area contributed by atoms with Gasteiger partial charge in [0.1, 0.15) is 0 Å². The van der Waals surface area contributed by atoms with Crippen molar-refractivity contribution in [3.63, 3.8) is 0 Å². The van der Waals surface area contributed by atoms with E-state index < -0.39 is 0 Å². The summed E-state index contributed by atoms with van der Waals surface area (Å²) in [5.74, 6) is 0. The van der Waals surface area contributed by atoms with Crippen LogP contribution in [0.5, 0.6) is 0 Å². The molecule has 1 aliphatic heterocycles. The molecule has 0 unspecified atom stereocenters. The van der Waals surface area contributed by atoms with Gasteiger partial charge in [0.2, 0.25) is 0 Å². The van der Waals surface area contributed by atoms with E-state index in [2.05, 4.69) is 12.2 Å². The first kappa shape index (κ1) is 12.6. The lowest BCUT2D eigenvalue weighted by Crippen LogP contribution is -2.19. The molecule has 1 nitrogen and oxygen atoms in total. The van der Waals surface area contributed by atoms with Gasteiger partial charge in [-0.25, -0.2) is 0 Å². The fourth-order valence-electron chi connectivity index (χ4n) is 1.11. The molecule has 0 aromatic carbocycles. The van der Waals surface area contributed by atoms with Gasteiger partial charge in [-0.1, -0.05) is 20.8 Å². The molecule has 0 radical (unpaired) electrons. The van der Waals surface area contributed by atoms with E-state index in [4.69, 9.17) is 0 Å². The summed E-state index contributed by atoms with van der Waals surface area (Å²) < 4.78 is 0. The van der Waals surface area contributed by atoms with Gasteiger partial charge >= 0.3 is 0 Å². The van der Waals surface area contributed by atoms with Crippen molar-refractivity contribution in [1.82, 2.24) is 5.32 Å². The highest BCUT2D eigenvalue weighted by atomic mass is 19.0. The minimum absolute atomic E-state index is 0. The highest BCUT2D eigenvalue weighted by Crippen LogP contribution is 2.06. The van der Waals surface area contributed by atoms with Crippen molar-refractivity contribution >= 4 is 0 Å². The van der Waals surface area contributed by atoms with Gasteiger partial charge in [0.25, 0.3) is 0 Å². The molecule has 0 aromatic heterocycles. The molecule has 0 spiro atoms. The Kier molecular flexibility index (Phi) is 11.2. The topological polar surface area (TPSA) is 12.0 Å². The molecule has 10 heavy (non-hydrogen) atoms. The lowest BCUT2D eigenvalue weighted by atomic mass is 10.2. The van der Waals surface area contributed by atoms with Crippen LogP contribution in [0.15, 0.2) is 0 Å². The van der Waals surface area contributed by atoms with Gasteiger partial charge in [-0.15, -0.1) is 0 Å². The second-order valence-electron chi connectivity index (χ2n) is 2.20. The number of hydrogen-bond donors (Lipinski definition) is 1. The van der Waals surface area contributed by atoms with Crippen molar-refractivity contribution in [2.75, 3.05) is 6.54 Å². The number of rotatable bonds is 1. The largest absolute Gasteiger partial charge is 0.314 e. The molecule has 1 fully saturated rings. The third kappa shape index (κ3) is 4.74. The molecule has 0 amide bonds. The van der Waals surface area contributed by atoms with E-state index in [9.17, 15) is 0 Å². The van der Waals surface area contributed by atoms with Crippen LogP contribution in [0, 0.1) is 0 Å². The standard InChI is InChI=1S/C6H13N.C2H6.FH.H2/c1-2-6-4-3-5-7-6;1-2;;/h6-7H,2-5H2,1H3;1-2H3;2*1H/t6-;;;/m1.../s1. The number of hydrogen-bond acceptors (Lipinski definition) is 1. The predicted octanol–water partition coefficient (Wildman–Crippen LogP) is 2.57. The van der Waals surface area contributed by atoms with E-state index in [1.807, 2.05) is 13.8 Å². The molecule has 1 N–H and O–H groups in total. The van der Waals surface area contributed by atoms with Gasteiger partial charge in [0.05, 0.1) is 0 Å². The Balaban J connectivity index is -0.000000149. The maximum absolute atomic E-state index is 3.41. The van der Waals surface area contributed by atoms with Crippen LogP contribution in [0.3, 0.4) is 0 Å². The van der Waals surface area contributed by atoms with E-state index in [-0.39, 0.29) is 6.13 Å². The Hall–Kier alpha value is -0.110. The number of halogens is 1. The first-order valence-electron chi connectivity index (χ1n) is 4.17. The van der Waals surface area contributed by atoms with Crippen molar-refractivity contribution in [3.8, 4) is 0 Å². The first-order valence-corrected chi connectivity index (χ1v) is 4.17. The minimum atomic E-state index is 0. The average molecular weight is 151 g/mol. The van der Waals surface area contributed by atoms with E-state index in [0.29, 0.717) is 0 Å². The van der Waals surface area contributed by atoms with Crippen molar-refractivity contribution in [1.29, 1.82) is 0 Å². The highest BCUT2D eigenvalue weighted by molar-refractivity contribution is 4.71. The van der Waals surface area contributed by atoms with E-state index >= 15 is 0 Å². The molecular formula is C8H22FN. The summed E-state index contributed by atoms with van der Waals surface area (Å²) in [7, 11) is 0. The fraction of sp³-hybridized carbons (Fsp3) is 1.00. The second-order valence-corrected chi connectivity index (χ2v) is 2.20. The molecule has 1 atom stereocenters. The van der Waals surface area contributed by atoms with Crippen molar-refractivity contribution in [2.24, 2.45) is 0 Å². The van der Waals surface area contributed by atoms with Crippen LogP contribution in [-0.4, -0.2) is 12.6 Å². The van der Waals surface area contributed by atoms with Gasteiger partial charge in [0, 0.05) is 7.47 Å². The van der Waals surface area contributed by atoms with E-state index in [0.717, 1.165) is 6.04 Å². The molecule has 0 aliphatic carbocycles. The van der Waals surface area contributed by atoms with Gasteiger partial charge in [-0.3, -0.25) is 4.70 Å². The fourth-order valence-corrected chi connectivity index (χ4v) is 1.11. The van der Waals surface area contributed by atoms with Crippen LogP contribution in [0.25, 0.3) is 0 Å². The Morgan fingerprint density at radius 2 is 2.10 bits per heavy atom. The van der Waals surface area contributed by atoms with Crippen molar-refractivity contribution < 1.29 is 6.13 Å². The summed E-state index contributed by atoms with van der Waals surface area (Å²) in [4.78, 5) is 0. The lowest BCUT2D eigenvalue weighted by molar-refractivity contribution is 0.587. The molecule has 1 heterocycles. The van der Waals surface area contributed by atoms with E-state index in [1.54, 1.807) is 0 Å². The van der Waals surface area contributed by atoms with Crippen LogP contribution < -0.4 is 5.32 Å². The zero-order chi connectivity index (χ0) is 7.11. The third-order valence-electron chi connectivity index (χ3n) is 1.66. The summed E-state index contributed by atoms with van der Waals surface area (Å²) in [5.41, 5.74) is 0. The van der Waals surface area contributed by atoms with Crippen LogP contribution in [-0.2, 0) is 0 Å². The lowest BCUT2D eigenvalue weighted by Gasteiger charge is -2.02. The Morgan fingerprint density at radius 3 is 2.30 bits per heavy atom. The maximum atomic E-state index is 3.41. The summed E-state index contributed by atoms with van der Waals surface area (Å²) in [6, 6.07) is 0.847. The third-order valence-corrected chi connectivity index (χ3v) is 1.66. The van der Waals surface area contributed by atoms with Crippen LogP contribution in [0.4, 0.5) is 4.70 Å². The summed E-state index contributed by atoms with van der Waals surface area (Å²) in [5, 5.41) is 3.41. The quantitative estimate of drug-likeness (QED) is 0.607. The van der Waals surface area contributed by atoms with Gasteiger partial charge in [-0.2, -0.15) is 0 Å². The van der Waals surface area contributed by atoms with Gasteiger partial charge in [-0.05, 0) is 25.8 Å². The zero-order valence-corrected chi connectivity index (χ0v) is 7.31. The number of nitrogens with one attached hydrogen (secondary N) is 1. The molecule has 66 valence electrons. The molecule has 1 saturated heterocycles. The normalized spacial score (nSPS) is 22.5. The Bertz CT molecular complexity index is 56.1. The van der Waals surface area contributed by atoms with Crippen LogP contribution in [0.2, 0.25) is 0 Å². The monoisotopic (exact) mass is 151 g/mol. The average Bonchev–Trinajstić information content (AvgIpc) is 2.43. The van der Waals surface area contributed by atoms with E-state index in [1.165, 1.54) is 25.8 Å². The second kappa shape index (κ2) is 8.89. The van der Waals surface area contributed by atoms with Crippen molar-refractivity contribution in [2.45, 2.75) is 46.1 Å². The molecule has 1 aliphatic rings. The van der Waals surface area contributed by atoms with Crippen LogP contribution in [0.1, 0.15) is 41.5 Å². The molecule has 0 saturated carbocycles. The van der Waals surface area contributed by atoms with Gasteiger partial charge in [0.15, 0.2) is 0 Å². The molecule has 0 aromatic rings. The van der Waals surface area contributed by atoms with Crippen molar-refractivity contribution in [3.05, 3.63) is 0 Å². The Labute approximate surface area is 65.1 Å². The maximum Gasteiger partial charge on any atom is 0.00649 e.